The van der Waals surface area contributed by atoms with Crippen LogP contribution in [0.5, 0.6) is 5.75 Å². The number of halogens is 1. The predicted octanol–water partition coefficient (Wildman–Crippen LogP) is 4.79. The summed E-state index contributed by atoms with van der Waals surface area (Å²) in [5.74, 6) is 0.433. The van der Waals surface area contributed by atoms with Crippen LogP contribution in [0.25, 0.3) is 16.8 Å². The lowest BCUT2D eigenvalue weighted by molar-refractivity contribution is 0.0192. The molecule has 40 heavy (non-hydrogen) atoms. The molecule has 1 saturated heterocycles. The summed E-state index contributed by atoms with van der Waals surface area (Å²) in [4.78, 5) is 29.0. The van der Waals surface area contributed by atoms with Gasteiger partial charge in [0.15, 0.2) is 5.65 Å². The Bertz CT molecular complexity index is 1540. The molecule has 2 aromatic heterocycles. The van der Waals surface area contributed by atoms with Crippen LogP contribution in [-0.4, -0.2) is 63.6 Å². The summed E-state index contributed by atoms with van der Waals surface area (Å²) in [5, 5.41) is 11.9. The van der Waals surface area contributed by atoms with Gasteiger partial charge < -0.3 is 14.8 Å². The van der Waals surface area contributed by atoms with E-state index in [1.807, 2.05) is 51.2 Å². The first-order valence-electron chi connectivity index (χ1n) is 12.7. The number of pyridine rings is 1. The number of hydrogen-bond acceptors (Lipinski definition) is 8. The second-order valence-corrected chi connectivity index (χ2v) is 10.3. The van der Waals surface area contributed by atoms with Crippen LogP contribution < -0.4 is 20.8 Å². The van der Waals surface area contributed by atoms with Gasteiger partial charge in [0.25, 0.3) is 5.91 Å². The second kappa shape index (κ2) is 10.8. The second-order valence-electron chi connectivity index (χ2n) is 10.3. The summed E-state index contributed by atoms with van der Waals surface area (Å²) in [6.07, 6.45) is 0.428. The molecule has 0 spiro atoms. The molecule has 2 aromatic carbocycles. The first-order valence-corrected chi connectivity index (χ1v) is 12.7. The number of rotatable bonds is 7. The molecule has 2 amide bonds. The van der Waals surface area contributed by atoms with Gasteiger partial charge in [0.2, 0.25) is 5.95 Å². The van der Waals surface area contributed by atoms with Crippen molar-refractivity contribution in [2.75, 3.05) is 30.8 Å². The predicted molar refractivity (Wildman–Crippen MR) is 148 cm³/mol. The summed E-state index contributed by atoms with van der Waals surface area (Å²) in [6.45, 7) is 5.79. The van der Waals surface area contributed by atoms with Gasteiger partial charge in [-0.05, 0) is 68.8 Å². The lowest BCUT2D eigenvalue weighted by Crippen LogP contribution is -2.57. The molecule has 0 unspecified atom stereocenters. The lowest BCUT2D eigenvalue weighted by Gasteiger charge is -2.34. The zero-order chi connectivity index (χ0) is 28.4. The largest absolute Gasteiger partial charge is 0.495 e. The van der Waals surface area contributed by atoms with Crippen LogP contribution in [0.15, 0.2) is 60.8 Å². The van der Waals surface area contributed by atoms with Gasteiger partial charge in [0.05, 0.1) is 25.9 Å². The van der Waals surface area contributed by atoms with Crippen molar-refractivity contribution < 1.29 is 23.5 Å². The zero-order valence-electron chi connectivity index (χ0n) is 22.6. The molecule has 11 nitrogen and oxygen atoms in total. The average molecular weight is 548 g/mol. The third-order valence-corrected chi connectivity index (χ3v) is 6.00. The van der Waals surface area contributed by atoms with Crippen molar-refractivity contribution in [3.05, 3.63) is 66.4 Å². The number of carbonyl (C=O) groups is 2. The van der Waals surface area contributed by atoms with E-state index in [1.54, 1.807) is 34.8 Å². The van der Waals surface area contributed by atoms with Crippen molar-refractivity contribution in [2.45, 2.75) is 32.5 Å². The third kappa shape index (κ3) is 6.29. The fraction of sp³-hybridized carbons (Fsp3) is 0.286. The minimum Gasteiger partial charge on any atom is -0.495 e. The molecule has 0 bridgehead atoms. The Balaban J connectivity index is 1.27. The van der Waals surface area contributed by atoms with Gasteiger partial charge >= 0.3 is 6.09 Å². The number of anilines is 3. The number of carbonyl (C=O) groups excluding carboxylic acids is 2. The van der Waals surface area contributed by atoms with E-state index in [-0.39, 0.29) is 19.0 Å². The molecule has 12 heteroatoms. The molecule has 1 aliphatic rings. The minimum absolute atomic E-state index is 0.181. The monoisotopic (exact) mass is 547 g/mol. The number of hydrogen-bond donors (Lipinski definition) is 3. The van der Waals surface area contributed by atoms with Gasteiger partial charge in [-0.25, -0.2) is 18.7 Å². The summed E-state index contributed by atoms with van der Waals surface area (Å²) in [7, 11) is 1.50. The normalized spacial score (nSPS) is 13.9. The van der Waals surface area contributed by atoms with Crippen LogP contribution in [0.3, 0.4) is 0 Å². The van der Waals surface area contributed by atoms with Gasteiger partial charge in [-0.2, -0.15) is 4.98 Å². The van der Waals surface area contributed by atoms with Crippen molar-refractivity contribution in [2.24, 2.45) is 0 Å². The molecule has 0 saturated carbocycles. The molecule has 4 aromatic rings. The van der Waals surface area contributed by atoms with Gasteiger partial charge in [-0.1, -0.05) is 12.1 Å². The fourth-order valence-corrected chi connectivity index (χ4v) is 4.05. The molecule has 0 atom stereocenters. The van der Waals surface area contributed by atoms with E-state index in [1.165, 1.54) is 12.1 Å². The number of methoxy groups -OCH3 is 1. The van der Waals surface area contributed by atoms with Crippen molar-refractivity contribution in [1.82, 2.24) is 25.0 Å². The lowest BCUT2D eigenvalue weighted by atomic mass is 10.1. The van der Waals surface area contributed by atoms with E-state index in [4.69, 9.17) is 9.47 Å². The van der Waals surface area contributed by atoms with Gasteiger partial charge in [-0.3, -0.25) is 15.5 Å². The Morgan fingerprint density at radius 1 is 1.02 bits per heavy atom. The van der Waals surface area contributed by atoms with E-state index in [0.717, 1.165) is 11.1 Å². The number of nitrogens with one attached hydrogen (secondary N) is 3. The minimum atomic E-state index is -0.913. The van der Waals surface area contributed by atoms with Crippen LogP contribution in [0.2, 0.25) is 0 Å². The van der Waals surface area contributed by atoms with Crippen LogP contribution in [0.4, 0.5) is 26.5 Å². The number of nitrogens with zero attached hydrogens (tertiary/aromatic N) is 4. The topological polar surface area (TPSA) is 122 Å². The molecule has 1 aliphatic heterocycles. The quantitative estimate of drug-likeness (QED) is 0.302. The first-order chi connectivity index (χ1) is 19.1. The standard InChI is InChI=1S/C28H30FN7O4/c1-28(2,3)40-27(38)30-21-9-5-17(6-10-21)19-8-12-24-32-26(34-36(24)14-19)31-22-11-7-18(13-23(22)39-4)25(37)33-35-15-20(29)16-35/h5-14,20H,15-16H2,1-4H3,(H,30,38)(H,31,34)(H,33,37). The Morgan fingerprint density at radius 3 is 2.42 bits per heavy atom. The summed E-state index contributed by atoms with van der Waals surface area (Å²) >= 11 is 0. The first kappa shape index (κ1) is 26.9. The molecule has 3 heterocycles. The number of alkyl halides is 1. The summed E-state index contributed by atoms with van der Waals surface area (Å²) < 4.78 is 25.4. The highest BCUT2D eigenvalue weighted by Gasteiger charge is 2.28. The number of amides is 2. The van der Waals surface area contributed by atoms with E-state index in [2.05, 4.69) is 26.1 Å². The maximum absolute atomic E-state index is 13.0. The highest BCUT2D eigenvalue weighted by molar-refractivity contribution is 5.95. The molecule has 3 N–H and O–H groups in total. The number of fused-ring (bicyclic) bond motifs is 1. The number of benzene rings is 2. The molecule has 0 radical (unpaired) electrons. The summed E-state index contributed by atoms with van der Waals surface area (Å²) in [6, 6.07) is 16.1. The van der Waals surface area contributed by atoms with Gasteiger partial charge in [0.1, 0.15) is 17.5 Å². The van der Waals surface area contributed by atoms with E-state index in [0.29, 0.717) is 34.3 Å². The molecule has 5 rings (SSSR count). The average Bonchev–Trinajstić information content (AvgIpc) is 3.29. The summed E-state index contributed by atoms with van der Waals surface area (Å²) in [5.41, 5.74) is 6.13. The molecular formula is C28H30FN7O4. The molecule has 208 valence electrons. The number of ether oxygens (including phenoxy) is 2. The van der Waals surface area contributed by atoms with Crippen molar-refractivity contribution in [1.29, 1.82) is 0 Å². The third-order valence-electron chi connectivity index (χ3n) is 6.00. The Morgan fingerprint density at radius 2 is 1.75 bits per heavy atom. The maximum atomic E-state index is 13.0. The highest BCUT2D eigenvalue weighted by Crippen LogP contribution is 2.29. The Hall–Kier alpha value is -4.71. The highest BCUT2D eigenvalue weighted by atomic mass is 19.1. The zero-order valence-corrected chi connectivity index (χ0v) is 22.6. The van der Waals surface area contributed by atoms with E-state index >= 15 is 0 Å². The smallest absolute Gasteiger partial charge is 0.412 e. The maximum Gasteiger partial charge on any atom is 0.412 e. The molecule has 0 aliphatic carbocycles. The van der Waals surface area contributed by atoms with Crippen LogP contribution in [-0.2, 0) is 4.74 Å². The molecule has 1 fully saturated rings. The van der Waals surface area contributed by atoms with Crippen LogP contribution in [0, 0.1) is 0 Å². The van der Waals surface area contributed by atoms with E-state index < -0.39 is 17.9 Å². The Kier molecular flexibility index (Phi) is 7.26. The van der Waals surface area contributed by atoms with Crippen molar-refractivity contribution in [3.8, 4) is 16.9 Å². The fourth-order valence-electron chi connectivity index (χ4n) is 4.05. The SMILES string of the molecule is COc1cc(C(=O)NN2CC(F)C2)ccc1Nc1nc2ccc(-c3ccc(NC(=O)OC(C)(C)C)cc3)cn2n1. The Labute approximate surface area is 230 Å². The van der Waals surface area contributed by atoms with Gasteiger partial charge in [-0.15, -0.1) is 5.10 Å². The van der Waals surface area contributed by atoms with Crippen LogP contribution in [0.1, 0.15) is 31.1 Å². The van der Waals surface area contributed by atoms with Crippen molar-refractivity contribution >= 4 is 35.0 Å². The van der Waals surface area contributed by atoms with E-state index in [9.17, 15) is 14.0 Å². The number of aromatic nitrogens is 3. The van der Waals surface area contributed by atoms with Crippen LogP contribution >= 0.6 is 0 Å². The van der Waals surface area contributed by atoms with Crippen molar-refractivity contribution in [3.63, 3.8) is 0 Å². The number of hydrazine groups is 1. The van der Waals surface area contributed by atoms with Gasteiger partial charge in [0, 0.05) is 23.0 Å². The molecular weight excluding hydrogens is 517 g/mol.